The number of anilines is 1. The van der Waals surface area contributed by atoms with Gasteiger partial charge in [0.15, 0.2) is 5.01 Å². The van der Waals surface area contributed by atoms with E-state index in [4.69, 9.17) is 0 Å². The minimum atomic E-state index is 0.573. The highest BCUT2D eigenvalue weighted by Gasteiger charge is 2.15. The zero-order chi connectivity index (χ0) is 14.4. The van der Waals surface area contributed by atoms with Gasteiger partial charge in [0.1, 0.15) is 0 Å². The zero-order valence-electron chi connectivity index (χ0n) is 12.3. The Hall–Kier alpha value is -1.01. The minimum absolute atomic E-state index is 0.573. The molecule has 20 heavy (non-hydrogen) atoms. The molecule has 4 nitrogen and oxygen atoms in total. The quantitative estimate of drug-likeness (QED) is 0.713. The van der Waals surface area contributed by atoms with Crippen LogP contribution in [0.2, 0.25) is 0 Å². The third kappa shape index (κ3) is 3.76. The van der Waals surface area contributed by atoms with Crippen LogP contribution in [0.1, 0.15) is 57.4 Å². The van der Waals surface area contributed by atoms with Gasteiger partial charge in [0, 0.05) is 18.7 Å². The molecule has 0 bridgehead atoms. The maximum atomic E-state index is 4.56. The number of nitrogens with zero attached hydrogens (tertiary/aromatic N) is 3. The Bertz CT molecular complexity index is 517. The third-order valence-electron chi connectivity index (χ3n) is 3.30. The molecule has 6 heteroatoms. The number of rotatable bonds is 8. The molecule has 0 saturated heterocycles. The van der Waals surface area contributed by atoms with Crippen molar-refractivity contribution in [3.8, 4) is 9.88 Å². The van der Waals surface area contributed by atoms with Crippen LogP contribution in [0.25, 0.3) is 9.88 Å². The number of aromatic nitrogens is 3. The van der Waals surface area contributed by atoms with Crippen molar-refractivity contribution in [1.29, 1.82) is 0 Å². The van der Waals surface area contributed by atoms with Gasteiger partial charge in [-0.1, -0.05) is 38.5 Å². The van der Waals surface area contributed by atoms with Crippen molar-refractivity contribution < 1.29 is 0 Å². The van der Waals surface area contributed by atoms with Crippen LogP contribution >= 0.6 is 22.7 Å². The van der Waals surface area contributed by atoms with Crippen molar-refractivity contribution >= 4 is 27.8 Å². The van der Waals surface area contributed by atoms with Crippen molar-refractivity contribution in [2.75, 3.05) is 11.9 Å². The Morgan fingerprint density at radius 1 is 1.15 bits per heavy atom. The second-order valence-electron chi connectivity index (χ2n) is 4.77. The summed E-state index contributed by atoms with van der Waals surface area (Å²) in [4.78, 5) is 5.69. The lowest BCUT2D eigenvalue weighted by Crippen LogP contribution is -1.99. The van der Waals surface area contributed by atoms with Gasteiger partial charge in [-0.05, 0) is 19.3 Å². The molecule has 1 N–H and O–H groups in total. The molecule has 0 fully saturated rings. The van der Waals surface area contributed by atoms with Crippen LogP contribution < -0.4 is 5.32 Å². The average molecular weight is 310 g/mol. The molecule has 2 rings (SSSR count). The molecule has 0 amide bonds. The fraction of sp³-hybridized carbons (Fsp3) is 0.643. The molecule has 0 spiro atoms. The number of unbranched alkanes of at least 4 members (excludes halogenated alkanes) is 1. The van der Waals surface area contributed by atoms with Crippen molar-refractivity contribution in [2.45, 2.75) is 52.4 Å². The molecule has 2 heterocycles. The fourth-order valence-corrected chi connectivity index (χ4v) is 3.97. The summed E-state index contributed by atoms with van der Waals surface area (Å²) in [7, 11) is 0. The van der Waals surface area contributed by atoms with Crippen LogP contribution in [0, 0.1) is 0 Å². The van der Waals surface area contributed by atoms with Crippen molar-refractivity contribution in [2.24, 2.45) is 0 Å². The molecule has 0 saturated carbocycles. The van der Waals surface area contributed by atoms with Crippen molar-refractivity contribution in [3.05, 3.63) is 11.2 Å². The summed E-state index contributed by atoms with van der Waals surface area (Å²) in [6.45, 7) is 7.59. The second kappa shape index (κ2) is 7.69. The van der Waals surface area contributed by atoms with Crippen LogP contribution in [0.4, 0.5) is 5.13 Å². The monoisotopic (exact) mass is 310 g/mol. The fourth-order valence-electron chi connectivity index (χ4n) is 1.98. The number of thiazole rings is 1. The maximum absolute atomic E-state index is 4.56. The summed E-state index contributed by atoms with van der Waals surface area (Å²) in [6.07, 6.45) is 6.57. The van der Waals surface area contributed by atoms with Crippen molar-refractivity contribution in [1.82, 2.24) is 15.2 Å². The second-order valence-corrected chi connectivity index (χ2v) is 6.81. The molecular weight excluding hydrogens is 288 g/mol. The molecule has 0 unspecified atom stereocenters. The van der Waals surface area contributed by atoms with E-state index in [2.05, 4.69) is 41.3 Å². The number of nitrogens with one attached hydrogen (secondary N) is 1. The van der Waals surface area contributed by atoms with Gasteiger partial charge in [0.25, 0.3) is 0 Å². The van der Waals surface area contributed by atoms with Gasteiger partial charge in [0.05, 0.1) is 9.88 Å². The Morgan fingerprint density at radius 2 is 1.95 bits per heavy atom. The maximum Gasteiger partial charge on any atom is 0.206 e. The predicted octanol–water partition coefficient (Wildman–Crippen LogP) is 4.78. The van der Waals surface area contributed by atoms with Crippen molar-refractivity contribution in [3.63, 3.8) is 0 Å². The van der Waals surface area contributed by atoms with E-state index in [9.17, 15) is 0 Å². The first-order valence-corrected chi connectivity index (χ1v) is 8.95. The van der Waals surface area contributed by atoms with Gasteiger partial charge >= 0.3 is 0 Å². The summed E-state index contributed by atoms with van der Waals surface area (Å²) in [5.41, 5.74) is 0. The van der Waals surface area contributed by atoms with Gasteiger partial charge < -0.3 is 5.32 Å². The first-order chi connectivity index (χ1) is 9.78. The van der Waals surface area contributed by atoms with E-state index in [0.717, 1.165) is 40.8 Å². The van der Waals surface area contributed by atoms with Gasteiger partial charge in [-0.2, -0.15) is 0 Å². The average Bonchev–Trinajstić information content (AvgIpc) is 3.09. The third-order valence-corrected chi connectivity index (χ3v) is 5.51. The van der Waals surface area contributed by atoms with E-state index < -0.39 is 0 Å². The van der Waals surface area contributed by atoms with Crippen LogP contribution in [-0.4, -0.2) is 21.7 Å². The molecular formula is C14H22N4S2. The first-order valence-electron chi connectivity index (χ1n) is 7.31. The lowest BCUT2D eigenvalue weighted by molar-refractivity contribution is 0.637. The molecule has 0 aliphatic heterocycles. The molecule has 2 aromatic rings. The lowest BCUT2D eigenvalue weighted by Gasteiger charge is -2.06. The normalized spacial score (nSPS) is 11.2. The Kier molecular flexibility index (Phi) is 5.91. The summed E-state index contributed by atoms with van der Waals surface area (Å²) in [5, 5.41) is 14.9. The van der Waals surface area contributed by atoms with E-state index in [-0.39, 0.29) is 0 Å². The smallest absolute Gasteiger partial charge is 0.206 e. The Balaban J connectivity index is 2.04. The highest BCUT2D eigenvalue weighted by Crippen LogP contribution is 2.34. The predicted molar refractivity (Wildman–Crippen MR) is 87.7 cm³/mol. The largest absolute Gasteiger partial charge is 0.360 e. The van der Waals surface area contributed by atoms with E-state index in [1.807, 2.05) is 6.20 Å². The summed E-state index contributed by atoms with van der Waals surface area (Å²) < 4.78 is 0. The van der Waals surface area contributed by atoms with E-state index in [0.29, 0.717) is 5.92 Å². The number of hydrogen-bond donors (Lipinski definition) is 1. The van der Waals surface area contributed by atoms with Crippen LogP contribution in [0.5, 0.6) is 0 Å². The van der Waals surface area contributed by atoms with Crippen LogP contribution in [0.15, 0.2) is 6.20 Å². The standard InChI is InChI=1S/C14H22N4S2/c1-4-7-8-15-14-18-17-13(20-14)11-9-16-12(19-11)10(5-2)6-3/h9-10H,4-8H2,1-3H3,(H,15,18). The molecule has 0 atom stereocenters. The van der Waals surface area contributed by atoms with E-state index >= 15 is 0 Å². The van der Waals surface area contributed by atoms with E-state index in [1.54, 1.807) is 22.7 Å². The van der Waals surface area contributed by atoms with Crippen LogP contribution in [-0.2, 0) is 0 Å². The van der Waals surface area contributed by atoms with Gasteiger partial charge in [0.2, 0.25) is 5.13 Å². The molecule has 0 aliphatic rings. The number of hydrogen-bond acceptors (Lipinski definition) is 6. The Labute approximate surface area is 128 Å². The molecule has 110 valence electrons. The van der Waals surface area contributed by atoms with Gasteiger partial charge in [-0.3, -0.25) is 0 Å². The molecule has 2 aromatic heterocycles. The molecule has 0 radical (unpaired) electrons. The summed E-state index contributed by atoms with van der Waals surface area (Å²) in [6, 6.07) is 0. The van der Waals surface area contributed by atoms with E-state index in [1.165, 1.54) is 11.4 Å². The molecule has 0 aromatic carbocycles. The minimum Gasteiger partial charge on any atom is -0.360 e. The summed E-state index contributed by atoms with van der Waals surface area (Å²) >= 11 is 3.37. The Morgan fingerprint density at radius 3 is 2.65 bits per heavy atom. The van der Waals surface area contributed by atoms with Crippen LogP contribution in [0.3, 0.4) is 0 Å². The summed E-state index contributed by atoms with van der Waals surface area (Å²) in [5.74, 6) is 0.573. The zero-order valence-corrected chi connectivity index (χ0v) is 14.0. The highest BCUT2D eigenvalue weighted by atomic mass is 32.1. The first kappa shape index (κ1) is 15.4. The molecule has 0 aliphatic carbocycles. The topological polar surface area (TPSA) is 50.7 Å². The van der Waals surface area contributed by atoms with Gasteiger partial charge in [-0.15, -0.1) is 21.5 Å². The SMILES string of the molecule is CCCCNc1nnc(-c2cnc(C(CC)CC)s2)s1. The lowest BCUT2D eigenvalue weighted by atomic mass is 10.1. The highest BCUT2D eigenvalue weighted by molar-refractivity contribution is 7.23. The van der Waals surface area contributed by atoms with Gasteiger partial charge in [-0.25, -0.2) is 4.98 Å².